The maximum Gasteiger partial charge on any atom is 1.00 e. The van der Waals surface area contributed by atoms with E-state index in [9.17, 15) is 29.7 Å². The molecule has 3 aromatic rings. The van der Waals surface area contributed by atoms with Gasteiger partial charge in [-0.1, -0.05) is 54.6 Å². The van der Waals surface area contributed by atoms with E-state index < -0.39 is 25.8 Å². The molecule has 0 spiro atoms. The molecule has 10 heteroatoms. The zero-order chi connectivity index (χ0) is 20.3. The second kappa shape index (κ2) is 13.0. The molecule has 0 aliphatic carbocycles. The number of benzene rings is 3. The van der Waals surface area contributed by atoms with E-state index in [4.69, 9.17) is 0 Å². The van der Waals surface area contributed by atoms with E-state index in [1.807, 2.05) is 0 Å². The first kappa shape index (κ1) is 29.3. The predicted octanol–water partition coefficient (Wildman–Crippen LogP) is -10.5. The van der Waals surface area contributed by atoms with E-state index in [0.29, 0.717) is 15.9 Å². The Labute approximate surface area is 216 Å². The minimum atomic E-state index is -1.44. The summed E-state index contributed by atoms with van der Waals surface area (Å²) >= 11 is 0. The third-order valence-corrected chi connectivity index (χ3v) is 6.40. The van der Waals surface area contributed by atoms with Crippen molar-refractivity contribution < 1.29 is 86.3 Å². The summed E-state index contributed by atoms with van der Waals surface area (Å²) in [4.78, 5) is 33.8. The van der Waals surface area contributed by atoms with Gasteiger partial charge in [0, 0.05) is 0 Å². The van der Waals surface area contributed by atoms with Crippen LogP contribution in [0.5, 0.6) is 0 Å². The van der Waals surface area contributed by atoms with E-state index in [2.05, 4.69) is 0 Å². The molecule has 0 unspecified atom stereocenters. The Kier molecular flexibility index (Phi) is 12.3. The van der Waals surface area contributed by atoms with Crippen molar-refractivity contribution in [2.24, 2.45) is 0 Å². The second-order valence-electron chi connectivity index (χ2n) is 5.85. The molecule has 0 saturated heterocycles. The topological polar surface area (TPSA) is 120 Å². The molecule has 0 N–H and O–H groups in total. The minimum absolute atomic E-state index is 0. The van der Waals surface area contributed by atoms with E-state index >= 15 is 0 Å². The van der Waals surface area contributed by atoms with Crippen LogP contribution in [0.15, 0.2) is 72.8 Å². The predicted molar refractivity (Wildman–Crippen MR) is 98.1 cm³/mol. The number of rotatable bonds is 6. The summed E-state index contributed by atoms with van der Waals surface area (Å²) in [7, 11) is -1.44. The minimum Gasteiger partial charge on any atom is -0.545 e. The standard InChI is InChI=1S/C21H15O6P.3Li/c22-19(23)13-4-1-7-16(10-13)28(17-8-2-5-14(11-17)20(24)25)18-9-3-6-15(12-18)21(26)27;;;/h1-12H,(H,22,23)(H,24,25)(H,26,27);;;/q;3*+1/p-3. The van der Waals surface area contributed by atoms with Crippen molar-refractivity contribution in [1.82, 2.24) is 0 Å². The van der Waals surface area contributed by atoms with Crippen molar-refractivity contribution in [3.05, 3.63) is 89.5 Å². The number of hydrogen-bond acceptors (Lipinski definition) is 6. The number of carboxylic acid groups (broad SMARTS) is 3. The maximum absolute atomic E-state index is 11.3. The molecule has 0 aromatic heterocycles. The third kappa shape index (κ3) is 7.15. The molecule has 0 atom stereocenters. The molecule has 0 saturated carbocycles. The van der Waals surface area contributed by atoms with Crippen molar-refractivity contribution in [3.63, 3.8) is 0 Å². The molecule has 6 nitrogen and oxygen atoms in total. The van der Waals surface area contributed by atoms with Crippen LogP contribution in [0.1, 0.15) is 31.1 Å². The fourth-order valence-corrected chi connectivity index (χ4v) is 5.17. The van der Waals surface area contributed by atoms with Gasteiger partial charge < -0.3 is 29.7 Å². The SMILES string of the molecule is O=C([O-])c1cccc(P(c2cccc(C(=O)[O-])c2)c2cccc(C(=O)[O-])c2)c1.[Li+].[Li+].[Li+]. The molecule has 0 amide bonds. The van der Waals surface area contributed by atoms with Crippen LogP contribution in [0, 0.1) is 0 Å². The summed E-state index contributed by atoms with van der Waals surface area (Å²) in [5, 5.41) is 35.6. The van der Waals surface area contributed by atoms with Gasteiger partial charge in [-0.05, 0) is 58.7 Å². The quantitative estimate of drug-likeness (QED) is 0.293. The molecule has 31 heavy (non-hydrogen) atoms. The average molecular weight is 412 g/mol. The first-order valence-corrected chi connectivity index (χ1v) is 9.45. The van der Waals surface area contributed by atoms with Crippen molar-refractivity contribution in [2.75, 3.05) is 0 Å². The molecule has 0 heterocycles. The van der Waals surface area contributed by atoms with E-state index in [1.165, 1.54) is 36.4 Å². The molecule has 0 aliphatic heterocycles. The molecule has 3 rings (SSSR count). The fourth-order valence-electron chi connectivity index (χ4n) is 2.76. The first-order chi connectivity index (χ1) is 13.4. The van der Waals surface area contributed by atoms with Gasteiger partial charge in [0.05, 0.1) is 17.9 Å². The Bertz CT molecular complexity index is 953. The van der Waals surface area contributed by atoms with E-state index in [0.717, 1.165) is 0 Å². The third-order valence-electron chi connectivity index (χ3n) is 4.02. The van der Waals surface area contributed by atoms with Gasteiger partial charge in [0.25, 0.3) is 0 Å². The Hall–Kier alpha value is -1.71. The number of aromatic carboxylic acids is 3. The molecule has 0 radical (unpaired) electrons. The van der Waals surface area contributed by atoms with Crippen LogP contribution in [0.4, 0.5) is 0 Å². The Balaban J connectivity index is 0.00000300. The Morgan fingerprint density at radius 2 is 0.774 bits per heavy atom. The monoisotopic (exact) mass is 412 g/mol. The van der Waals surface area contributed by atoms with Gasteiger partial charge >= 0.3 is 56.6 Å². The zero-order valence-electron chi connectivity index (χ0n) is 17.3. The van der Waals surface area contributed by atoms with Crippen LogP contribution in [0.25, 0.3) is 0 Å². The summed E-state index contributed by atoms with van der Waals surface area (Å²) in [5.74, 6) is -4.03. The molecular weight excluding hydrogens is 400 g/mol. The first-order valence-electron chi connectivity index (χ1n) is 8.11. The summed E-state index contributed by atoms with van der Waals surface area (Å²) < 4.78 is 0. The van der Waals surface area contributed by atoms with Crippen LogP contribution in [-0.2, 0) is 0 Å². The summed E-state index contributed by atoms with van der Waals surface area (Å²) in [6.07, 6.45) is 0. The summed E-state index contributed by atoms with van der Waals surface area (Å²) in [6, 6.07) is 18.3. The van der Waals surface area contributed by atoms with Crippen LogP contribution in [-0.4, -0.2) is 17.9 Å². The molecule has 140 valence electrons. The van der Waals surface area contributed by atoms with Crippen LogP contribution >= 0.6 is 7.92 Å². The average Bonchev–Trinajstić information content (AvgIpc) is 2.69. The van der Waals surface area contributed by atoms with Crippen molar-refractivity contribution in [1.29, 1.82) is 0 Å². The maximum atomic E-state index is 11.3. The number of carbonyl (C=O) groups excluding carboxylic acids is 3. The molecule has 0 bridgehead atoms. The summed E-state index contributed by atoms with van der Waals surface area (Å²) in [6.45, 7) is 0. The fraction of sp³-hybridized carbons (Fsp3) is 0. The normalized spacial score (nSPS) is 9.58. The Morgan fingerprint density at radius 1 is 0.516 bits per heavy atom. The van der Waals surface area contributed by atoms with Crippen LogP contribution < -0.4 is 87.8 Å². The van der Waals surface area contributed by atoms with Crippen LogP contribution in [0.2, 0.25) is 0 Å². The van der Waals surface area contributed by atoms with Gasteiger partial charge in [-0.25, -0.2) is 0 Å². The van der Waals surface area contributed by atoms with E-state index in [1.54, 1.807) is 36.4 Å². The molecule has 0 aliphatic rings. The summed E-state index contributed by atoms with van der Waals surface area (Å²) in [5.41, 5.74) is -0.0914. The number of hydrogen-bond donors (Lipinski definition) is 0. The van der Waals surface area contributed by atoms with Gasteiger partial charge in [0.2, 0.25) is 0 Å². The van der Waals surface area contributed by atoms with Crippen molar-refractivity contribution in [3.8, 4) is 0 Å². The van der Waals surface area contributed by atoms with Crippen LogP contribution in [0.3, 0.4) is 0 Å². The number of carboxylic acids is 3. The van der Waals surface area contributed by atoms with E-state index in [-0.39, 0.29) is 73.3 Å². The smallest absolute Gasteiger partial charge is 0.545 e. The second-order valence-corrected chi connectivity index (χ2v) is 8.07. The van der Waals surface area contributed by atoms with Gasteiger partial charge in [0.15, 0.2) is 0 Å². The molecule has 0 fully saturated rings. The van der Waals surface area contributed by atoms with Gasteiger partial charge in [-0.3, -0.25) is 0 Å². The van der Waals surface area contributed by atoms with Gasteiger partial charge in [-0.2, -0.15) is 0 Å². The van der Waals surface area contributed by atoms with Gasteiger partial charge in [-0.15, -0.1) is 0 Å². The largest absolute Gasteiger partial charge is 1.00 e. The Morgan fingerprint density at radius 3 is 1.00 bits per heavy atom. The number of carbonyl (C=O) groups is 3. The zero-order valence-corrected chi connectivity index (χ0v) is 18.2. The molecule has 3 aromatic carbocycles. The van der Waals surface area contributed by atoms with Gasteiger partial charge in [0.1, 0.15) is 0 Å². The van der Waals surface area contributed by atoms with Crippen molar-refractivity contribution in [2.45, 2.75) is 0 Å². The molecular formula is C21H12Li3O6P. The van der Waals surface area contributed by atoms with Crippen molar-refractivity contribution >= 4 is 41.7 Å².